The van der Waals surface area contributed by atoms with Crippen LogP contribution in [0.5, 0.6) is 17.4 Å². The third kappa shape index (κ3) is 6.83. The van der Waals surface area contributed by atoms with E-state index in [4.69, 9.17) is 19.3 Å². The van der Waals surface area contributed by atoms with Gasteiger partial charge in [-0.05, 0) is 66.3 Å². The number of sulfone groups is 1. The molecule has 1 N–H and O–H groups in total. The van der Waals surface area contributed by atoms with Crippen LogP contribution in [0.4, 0.5) is 0 Å². The van der Waals surface area contributed by atoms with Crippen LogP contribution in [0.25, 0.3) is 11.1 Å². The van der Waals surface area contributed by atoms with Crippen molar-refractivity contribution < 1.29 is 32.5 Å². The van der Waals surface area contributed by atoms with Crippen LogP contribution in [-0.4, -0.2) is 49.2 Å². The van der Waals surface area contributed by atoms with Gasteiger partial charge in [-0.15, -0.1) is 0 Å². The molecule has 2 heterocycles. The topological polar surface area (TPSA) is 112 Å². The monoisotopic (exact) mass is 539 g/mol. The summed E-state index contributed by atoms with van der Waals surface area (Å²) >= 11 is 0. The second-order valence-corrected chi connectivity index (χ2v) is 12.0. The number of aliphatic carboxylic acids is 1. The Kier molecular flexibility index (Phi) is 8.56. The van der Waals surface area contributed by atoms with Crippen molar-refractivity contribution in [1.82, 2.24) is 4.98 Å². The number of carbonyl (C=O) groups is 1. The Morgan fingerprint density at radius 3 is 2.61 bits per heavy atom. The van der Waals surface area contributed by atoms with E-state index in [-0.39, 0.29) is 23.8 Å². The predicted molar refractivity (Wildman–Crippen MR) is 145 cm³/mol. The number of nitrogens with zero attached hydrogens (tertiary/aromatic N) is 1. The zero-order valence-electron chi connectivity index (χ0n) is 21.9. The van der Waals surface area contributed by atoms with Gasteiger partial charge in [0.05, 0.1) is 25.4 Å². The summed E-state index contributed by atoms with van der Waals surface area (Å²) in [6.45, 7) is 6.72. The second-order valence-electron chi connectivity index (χ2n) is 9.53. The number of carboxylic acids is 1. The average Bonchev–Trinajstić information content (AvgIpc) is 3.26. The molecule has 0 spiro atoms. The van der Waals surface area contributed by atoms with E-state index in [2.05, 4.69) is 17.1 Å². The number of aromatic nitrogens is 1. The Labute approximate surface area is 223 Å². The Hall–Kier alpha value is -3.59. The van der Waals surface area contributed by atoms with Crippen LogP contribution >= 0.6 is 0 Å². The number of benzene rings is 2. The van der Waals surface area contributed by atoms with Crippen molar-refractivity contribution in [2.45, 2.75) is 46.1 Å². The molecule has 0 aliphatic carbocycles. The molecule has 0 radical (unpaired) electrons. The molecule has 202 valence electrons. The SMILES string of the molecule is CCS(=O)(=O)CCCOc1cc(C)c(-c2cccc(COc3cc4c(cn3)[C@H](CC(=O)O)CO4)c2)c(C)c1. The Bertz CT molecular complexity index is 1400. The lowest BCUT2D eigenvalue weighted by Crippen LogP contribution is -2.11. The molecule has 1 aliphatic rings. The maximum Gasteiger partial charge on any atom is 0.304 e. The van der Waals surface area contributed by atoms with E-state index in [1.165, 1.54) is 0 Å². The number of carboxylic acid groups (broad SMARTS) is 1. The second kappa shape index (κ2) is 11.9. The molecule has 0 fully saturated rings. The normalized spacial score (nSPS) is 14.6. The summed E-state index contributed by atoms with van der Waals surface area (Å²) < 4.78 is 40.7. The first-order valence-corrected chi connectivity index (χ1v) is 14.5. The molecule has 3 aromatic rings. The first kappa shape index (κ1) is 27.4. The van der Waals surface area contributed by atoms with Gasteiger partial charge in [-0.25, -0.2) is 13.4 Å². The lowest BCUT2D eigenvalue weighted by atomic mass is 9.94. The molecule has 0 amide bonds. The fourth-order valence-electron chi connectivity index (χ4n) is 4.65. The third-order valence-corrected chi connectivity index (χ3v) is 8.38. The molecule has 1 aliphatic heterocycles. The van der Waals surface area contributed by atoms with Crippen molar-refractivity contribution in [3.8, 4) is 28.5 Å². The number of pyridine rings is 1. The highest BCUT2D eigenvalue weighted by Crippen LogP contribution is 2.37. The molecule has 2 aromatic carbocycles. The van der Waals surface area contributed by atoms with E-state index in [1.807, 2.05) is 38.1 Å². The standard InChI is InChI=1S/C29H33NO7S/c1-4-38(33,34)10-6-9-35-24-11-19(2)29(20(3)12-24)22-8-5-7-21(13-22)17-37-27-15-26-25(16-30-27)23(18-36-26)14-28(31)32/h5,7-8,11-13,15-16,23H,4,6,9-10,14,17-18H2,1-3H3,(H,31,32)/t23-/m1/s1. The van der Waals surface area contributed by atoms with Crippen LogP contribution in [0.2, 0.25) is 0 Å². The fraction of sp³-hybridized carbons (Fsp3) is 0.379. The van der Waals surface area contributed by atoms with Gasteiger partial charge >= 0.3 is 5.97 Å². The number of aryl methyl sites for hydroxylation is 2. The van der Waals surface area contributed by atoms with Crippen LogP contribution in [0.3, 0.4) is 0 Å². The zero-order valence-corrected chi connectivity index (χ0v) is 22.7. The van der Waals surface area contributed by atoms with Gasteiger partial charge in [0.2, 0.25) is 5.88 Å². The summed E-state index contributed by atoms with van der Waals surface area (Å²) in [4.78, 5) is 15.4. The molecule has 0 saturated heterocycles. The minimum Gasteiger partial charge on any atom is -0.494 e. The van der Waals surface area contributed by atoms with Gasteiger partial charge < -0.3 is 19.3 Å². The number of hydrogen-bond donors (Lipinski definition) is 1. The summed E-state index contributed by atoms with van der Waals surface area (Å²) in [7, 11) is -2.99. The molecular weight excluding hydrogens is 506 g/mol. The summed E-state index contributed by atoms with van der Waals surface area (Å²) in [6.07, 6.45) is 2.11. The van der Waals surface area contributed by atoms with Gasteiger partial charge in [0, 0.05) is 29.5 Å². The first-order valence-electron chi connectivity index (χ1n) is 12.7. The fourth-order valence-corrected chi connectivity index (χ4v) is 5.50. The summed E-state index contributed by atoms with van der Waals surface area (Å²) in [5.74, 6) is 1.000. The van der Waals surface area contributed by atoms with E-state index in [9.17, 15) is 13.2 Å². The number of rotatable bonds is 12. The zero-order chi connectivity index (χ0) is 27.3. The molecule has 0 unspecified atom stereocenters. The highest BCUT2D eigenvalue weighted by Gasteiger charge is 2.27. The molecule has 8 nitrogen and oxygen atoms in total. The molecule has 38 heavy (non-hydrogen) atoms. The predicted octanol–water partition coefficient (Wildman–Crippen LogP) is 5.10. The quantitative estimate of drug-likeness (QED) is 0.317. The minimum absolute atomic E-state index is 0.0108. The number of ether oxygens (including phenoxy) is 3. The van der Waals surface area contributed by atoms with Gasteiger partial charge in [0.25, 0.3) is 0 Å². The molecule has 9 heteroatoms. The van der Waals surface area contributed by atoms with Crippen LogP contribution in [0, 0.1) is 13.8 Å². The van der Waals surface area contributed by atoms with Crippen LogP contribution in [0.1, 0.15) is 47.9 Å². The Morgan fingerprint density at radius 2 is 1.89 bits per heavy atom. The van der Waals surface area contributed by atoms with Crippen molar-refractivity contribution in [3.05, 3.63) is 70.9 Å². The average molecular weight is 540 g/mol. The van der Waals surface area contributed by atoms with Crippen LogP contribution in [-0.2, 0) is 21.2 Å². The van der Waals surface area contributed by atoms with E-state index in [0.29, 0.717) is 37.9 Å². The summed E-state index contributed by atoms with van der Waals surface area (Å²) in [5.41, 5.74) is 6.07. The van der Waals surface area contributed by atoms with Gasteiger partial charge in [-0.2, -0.15) is 0 Å². The molecular formula is C29H33NO7S. The summed E-state index contributed by atoms with van der Waals surface area (Å²) in [6, 6.07) is 13.8. The smallest absolute Gasteiger partial charge is 0.304 e. The summed E-state index contributed by atoms with van der Waals surface area (Å²) in [5, 5.41) is 9.07. The highest BCUT2D eigenvalue weighted by atomic mass is 32.2. The molecule has 0 saturated carbocycles. The van der Waals surface area contributed by atoms with E-state index >= 15 is 0 Å². The third-order valence-electron chi connectivity index (χ3n) is 6.59. The highest BCUT2D eigenvalue weighted by molar-refractivity contribution is 7.91. The molecule has 1 aromatic heterocycles. The van der Waals surface area contributed by atoms with Gasteiger partial charge in [0.15, 0.2) is 0 Å². The van der Waals surface area contributed by atoms with Gasteiger partial charge in [-0.3, -0.25) is 4.79 Å². The van der Waals surface area contributed by atoms with E-state index < -0.39 is 15.8 Å². The maximum absolute atomic E-state index is 11.7. The lowest BCUT2D eigenvalue weighted by Gasteiger charge is -2.15. The van der Waals surface area contributed by atoms with Crippen LogP contribution < -0.4 is 14.2 Å². The van der Waals surface area contributed by atoms with E-state index in [1.54, 1.807) is 19.2 Å². The van der Waals surface area contributed by atoms with Crippen molar-refractivity contribution in [1.29, 1.82) is 0 Å². The van der Waals surface area contributed by atoms with Crippen molar-refractivity contribution in [2.75, 3.05) is 24.7 Å². The first-order chi connectivity index (χ1) is 18.1. The lowest BCUT2D eigenvalue weighted by molar-refractivity contribution is -0.137. The number of fused-ring (bicyclic) bond motifs is 1. The van der Waals surface area contributed by atoms with Crippen molar-refractivity contribution in [3.63, 3.8) is 0 Å². The molecule has 0 bridgehead atoms. The Balaban J connectivity index is 1.40. The minimum atomic E-state index is -2.99. The van der Waals surface area contributed by atoms with Crippen LogP contribution in [0.15, 0.2) is 48.7 Å². The van der Waals surface area contributed by atoms with E-state index in [0.717, 1.165) is 39.1 Å². The van der Waals surface area contributed by atoms with Crippen molar-refractivity contribution >= 4 is 15.8 Å². The molecule has 4 rings (SSSR count). The van der Waals surface area contributed by atoms with Gasteiger partial charge in [0.1, 0.15) is 27.9 Å². The largest absolute Gasteiger partial charge is 0.494 e. The Morgan fingerprint density at radius 1 is 1.13 bits per heavy atom. The number of hydrogen-bond acceptors (Lipinski definition) is 7. The maximum atomic E-state index is 11.7. The molecule has 1 atom stereocenters. The van der Waals surface area contributed by atoms with Crippen molar-refractivity contribution in [2.24, 2.45) is 0 Å². The van der Waals surface area contributed by atoms with Gasteiger partial charge in [-0.1, -0.05) is 25.1 Å².